The predicted octanol–water partition coefficient (Wildman–Crippen LogP) is 2.91. The lowest BCUT2D eigenvalue weighted by molar-refractivity contribution is 0.993. The molecule has 0 aliphatic rings. The molecule has 0 N–H and O–H groups in total. The largest absolute Gasteiger partial charge is 0.172 e. The number of hydrogen-bond acceptors (Lipinski definition) is 1. The molecule has 1 atom stereocenters. The first-order valence-corrected chi connectivity index (χ1v) is 4.44. The quantitative estimate of drug-likeness (QED) is 0.363. The molecule has 0 heterocycles. The van der Waals surface area contributed by atoms with E-state index in [9.17, 15) is 0 Å². The van der Waals surface area contributed by atoms with Crippen molar-refractivity contribution < 1.29 is 0 Å². The molecule has 0 spiro atoms. The zero-order valence-corrected chi connectivity index (χ0v) is 8.32. The van der Waals surface area contributed by atoms with Gasteiger partial charge in [-0.2, -0.15) is 12.6 Å². The van der Waals surface area contributed by atoms with E-state index >= 15 is 0 Å². The zero-order chi connectivity index (χ0) is 8.85. The van der Waals surface area contributed by atoms with Gasteiger partial charge in [0.2, 0.25) is 0 Å². The first-order valence-electron chi connectivity index (χ1n) is 3.92. The van der Waals surface area contributed by atoms with E-state index in [1.165, 1.54) is 0 Å². The summed E-state index contributed by atoms with van der Waals surface area (Å²) in [6.45, 7) is 11.9. The van der Waals surface area contributed by atoms with Crippen LogP contribution in [0.1, 0.15) is 20.3 Å². The van der Waals surface area contributed by atoms with Gasteiger partial charge >= 0.3 is 0 Å². The van der Waals surface area contributed by atoms with E-state index in [1.54, 1.807) is 0 Å². The van der Waals surface area contributed by atoms with Crippen LogP contribution in [0.3, 0.4) is 0 Å². The normalized spacial score (nSPS) is 12.3. The highest BCUT2D eigenvalue weighted by Gasteiger charge is 2.06. The summed E-state index contributed by atoms with van der Waals surface area (Å²) in [6.07, 6.45) is 1.96. The van der Waals surface area contributed by atoms with Crippen LogP contribution in [-0.2, 0) is 0 Å². The lowest BCUT2D eigenvalue weighted by Crippen LogP contribution is -2.08. The maximum Gasteiger partial charge on any atom is 0.146 e. The van der Waals surface area contributed by atoms with Crippen molar-refractivity contribution in [1.29, 1.82) is 0 Å². The van der Waals surface area contributed by atoms with Gasteiger partial charge in [-0.25, -0.2) is 0 Å². The topological polar surface area (TPSA) is 0 Å². The highest BCUT2D eigenvalue weighted by atomic mass is 32.1. The average Bonchev–Trinajstić information content (AvgIpc) is 1.86. The van der Waals surface area contributed by atoms with Crippen molar-refractivity contribution in [2.45, 2.75) is 31.8 Å². The van der Waals surface area contributed by atoms with E-state index in [0.717, 1.165) is 23.8 Å². The second-order valence-electron chi connectivity index (χ2n) is 2.86. The average molecular weight is 167 g/mol. The van der Waals surface area contributed by atoms with Crippen LogP contribution in [-0.4, -0.2) is 12.5 Å². The second kappa shape index (κ2) is 5.53. The summed E-state index contributed by atoms with van der Waals surface area (Å²) in [5.41, 5.74) is 2.27. The molecule has 0 nitrogen and oxygen atoms in total. The van der Waals surface area contributed by atoms with Crippen molar-refractivity contribution in [2.24, 2.45) is 0 Å². The minimum Gasteiger partial charge on any atom is -0.172 e. The molecule has 1 unspecified atom stereocenters. The second-order valence-corrected chi connectivity index (χ2v) is 3.49. The van der Waals surface area contributed by atoms with Crippen molar-refractivity contribution in [3.05, 3.63) is 24.2 Å². The van der Waals surface area contributed by atoms with Gasteiger partial charge in [-0.15, -0.1) is 18.6 Å². The highest BCUT2D eigenvalue weighted by molar-refractivity contribution is 7.81. The Balaban J connectivity index is 3.73. The SMILES string of the molecule is C=C(C)CC(S)C(=C)[B]CC. The summed E-state index contributed by atoms with van der Waals surface area (Å²) in [6, 6.07) is 0. The van der Waals surface area contributed by atoms with Crippen LogP contribution in [0.15, 0.2) is 24.2 Å². The van der Waals surface area contributed by atoms with Gasteiger partial charge in [-0.05, 0) is 13.3 Å². The van der Waals surface area contributed by atoms with Crippen molar-refractivity contribution in [3.8, 4) is 0 Å². The third-order valence-electron chi connectivity index (χ3n) is 1.44. The molecule has 0 aromatic heterocycles. The number of hydrogen-bond donors (Lipinski definition) is 1. The summed E-state index contributed by atoms with van der Waals surface area (Å²) in [5, 5.41) is 0.257. The van der Waals surface area contributed by atoms with Crippen LogP contribution in [0.25, 0.3) is 0 Å². The maximum atomic E-state index is 4.41. The molecule has 0 aliphatic carbocycles. The Morgan fingerprint density at radius 2 is 2.09 bits per heavy atom. The number of thiol groups is 1. The molecule has 2 heteroatoms. The molecular formula is C9H16BS. The van der Waals surface area contributed by atoms with Crippen molar-refractivity contribution in [2.75, 3.05) is 0 Å². The lowest BCUT2D eigenvalue weighted by Gasteiger charge is -2.12. The van der Waals surface area contributed by atoms with Gasteiger partial charge in [0, 0.05) is 5.25 Å². The molecule has 0 fully saturated rings. The Hall–Kier alpha value is -0.105. The van der Waals surface area contributed by atoms with E-state index in [0.29, 0.717) is 0 Å². The highest BCUT2D eigenvalue weighted by Crippen LogP contribution is 2.15. The fraction of sp³-hybridized carbons (Fsp3) is 0.556. The molecule has 0 saturated heterocycles. The van der Waals surface area contributed by atoms with Gasteiger partial charge in [0.25, 0.3) is 0 Å². The van der Waals surface area contributed by atoms with Crippen LogP contribution < -0.4 is 0 Å². The summed E-state index contributed by atoms with van der Waals surface area (Å²) < 4.78 is 0. The fourth-order valence-corrected chi connectivity index (χ4v) is 1.28. The fourth-order valence-electron chi connectivity index (χ4n) is 0.859. The first kappa shape index (κ1) is 10.9. The van der Waals surface area contributed by atoms with Crippen molar-refractivity contribution in [3.63, 3.8) is 0 Å². The van der Waals surface area contributed by atoms with Crippen molar-refractivity contribution in [1.82, 2.24) is 0 Å². The van der Waals surface area contributed by atoms with Gasteiger partial charge in [0.05, 0.1) is 0 Å². The van der Waals surface area contributed by atoms with Crippen LogP contribution in [0.5, 0.6) is 0 Å². The van der Waals surface area contributed by atoms with Crippen LogP contribution in [0.4, 0.5) is 0 Å². The van der Waals surface area contributed by atoms with E-state index in [1.807, 2.05) is 6.92 Å². The van der Waals surface area contributed by atoms with Crippen molar-refractivity contribution >= 4 is 19.9 Å². The van der Waals surface area contributed by atoms with Crippen LogP contribution >= 0.6 is 12.6 Å². The molecule has 0 rings (SSSR count). The molecule has 0 bridgehead atoms. The molecule has 0 aromatic carbocycles. The molecule has 0 saturated carbocycles. The molecule has 0 aliphatic heterocycles. The predicted molar refractivity (Wildman–Crippen MR) is 57.6 cm³/mol. The Kier molecular flexibility index (Phi) is 5.48. The smallest absolute Gasteiger partial charge is 0.146 e. The van der Waals surface area contributed by atoms with Crippen LogP contribution in [0, 0.1) is 0 Å². The van der Waals surface area contributed by atoms with Gasteiger partial charge in [0.1, 0.15) is 7.28 Å². The Morgan fingerprint density at radius 1 is 1.55 bits per heavy atom. The molecule has 0 aromatic rings. The molecule has 1 radical (unpaired) electrons. The van der Waals surface area contributed by atoms with Crippen LogP contribution in [0.2, 0.25) is 6.32 Å². The third-order valence-corrected chi connectivity index (χ3v) is 1.95. The summed E-state index contributed by atoms with van der Waals surface area (Å²) >= 11 is 4.41. The summed E-state index contributed by atoms with van der Waals surface area (Å²) in [4.78, 5) is 0. The monoisotopic (exact) mass is 167 g/mol. The minimum absolute atomic E-state index is 0.257. The Labute approximate surface area is 76.4 Å². The van der Waals surface area contributed by atoms with E-state index in [-0.39, 0.29) is 5.25 Å². The minimum atomic E-state index is 0.257. The lowest BCUT2D eigenvalue weighted by atomic mass is 9.66. The molecule has 0 amide bonds. The summed E-state index contributed by atoms with van der Waals surface area (Å²) in [5.74, 6) is 0. The standard InChI is InChI=1S/C9H16BS/c1-5-10-8(4)9(11)6-7(2)3/h9,11H,2,4-6H2,1,3H3. The van der Waals surface area contributed by atoms with E-state index in [4.69, 9.17) is 0 Å². The zero-order valence-electron chi connectivity index (χ0n) is 7.43. The van der Waals surface area contributed by atoms with Gasteiger partial charge in [0.15, 0.2) is 0 Å². The van der Waals surface area contributed by atoms with Gasteiger partial charge in [-0.3, -0.25) is 0 Å². The summed E-state index contributed by atoms with van der Waals surface area (Å²) in [7, 11) is 2.11. The molecule has 11 heavy (non-hydrogen) atoms. The Morgan fingerprint density at radius 3 is 2.45 bits per heavy atom. The van der Waals surface area contributed by atoms with E-state index in [2.05, 4.69) is 40.0 Å². The molecular weight excluding hydrogens is 151 g/mol. The van der Waals surface area contributed by atoms with Gasteiger partial charge in [-0.1, -0.05) is 18.8 Å². The first-order chi connectivity index (χ1) is 5.07. The third kappa shape index (κ3) is 5.20. The number of allylic oxidation sites excluding steroid dienone is 1. The Bertz CT molecular complexity index is 152. The molecule has 61 valence electrons. The number of rotatable bonds is 5. The van der Waals surface area contributed by atoms with E-state index < -0.39 is 0 Å². The maximum absolute atomic E-state index is 4.41. The van der Waals surface area contributed by atoms with Gasteiger partial charge < -0.3 is 0 Å².